The number of hydrogen-bond donors (Lipinski definition) is 0. The van der Waals surface area contributed by atoms with Gasteiger partial charge in [-0.3, -0.25) is 0 Å². The van der Waals surface area contributed by atoms with Crippen LogP contribution in [0.15, 0.2) is 12.1 Å². The zero-order valence-corrected chi connectivity index (χ0v) is 9.59. The van der Waals surface area contributed by atoms with Crippen LogP contribution in [0.25, 0.3) is 4.85 Å². The van der Waals surface area contributed by atoms with Crippen LogP contribution in [0.4, 0.5) is 0 Å². The molecule has 0 aliphatic carbocycles. The number of ether oxygens (including phenoxy) is 2. The molecule has 1 aliphatic heterocycles. The van der Waals surface area contributed by atoms with Gasteiger partial charge < -0.3 is 14.3 Å². The van der Waals surface area contributed by atoms with Crippen molar-refractivity contribution < 1.29 is 9.47 Å². The summed E-state index contributed by atoms with van der Waals surface area (Å²) in [6.45, 7) is 8.51. The molecular formula is C12H12ClNO2. The summed E-state index contributed by atoms with van der Waals surface area (Å²) >= 11 is 6.12. The molecular weight excluding hydrogens is 226 g/mol. The van der Waals surface area contributed by atoms with Gasteiger partial charge in [-0.15, -0.1) is 0 Å². The van der Waals surface area contributed by atoms with Crippen molar-refractivity contribution >= 4 is 11.6 Å². The fourth-order valence-corrected chi connectivity index (χ4v) is 1.90. The molecule has 0 spiro atoms. The molecule has 0 unspecified atom stereocenters. The normalized spacial score (nSPS) is 14.0. The Morgan fingerprint density at radius 2 is 2.12 bits per heavy atom. The number of nitrogens with zero attached hydrogens (tertiary/aromatic N) is 1. The van der Waals surface area contributed by atoms with Gasteiger partial charge in [-0.1, -0.05) is 11.6 Å². The van der Waals surface area contributed by atoms with E-state index in [0.717, 1.165) is 12.0 Å². The highest BCUT2D eigenvalue weighted by Crippen LogP contribution is 2.38. The van der Waals surface area contributed by atoms with Gasteiger partial charge in [-0.05, 0) is 17.7 Å². The zero-order valence-electron chi connectivity index (χ0n) is 8.83. The maximum absolute atomic E-state index is 6.76. The van der Waals surface area contributed by atoms with E-state index in [2.05, 4.69) is 4.85 Å². The molecule has 1 heterocycles. The van der Waals surface area contributed by atoms with Gasteiger partial charge in [0, 0.05) is 12.8 Å². The molecule has 16 heavy (non-hydrogen) atoms. The number of rotatable bonds is 2. The average molecular weight is 238 g/mol. The minimum Gasteiger partial charge on any atom is -0.489 e. The first-order valence-electron chi connectivity index (χ1n) is 5.22. The second-order valence-electron chi connectivity index (χ2n) is 3.59. The van der Waals surface area contributed by atoms with Gasteiger partial charge in [0.1, 0.15) is 0 Å². The minimum atomic E-state index is 0.468. The Bertz CT molecular complexity index is 426. The first-order valence-corrected chi connectivity index (χ1v) is 5.60. The molecule has 0 saturated carbocycles. The summed E-state index contributed by atoms with van der Waals surface area (Å²) in [5.74, 6) is 1.33. The average Bonchev–Trinajstić information content (AvgIpc) is 2.51. The molecule has 0 aromatic heterocycles. The zero-order chi connectivity index (χ0) is 11.4. The van der Waals surface area contributed by atoms with E-state index in [1.165, 1.54) is 0 Å². The van der Waals surface area contributed by atoms with E-state index in [9.17, 15) is 0 Å². The van der Waals surface area contributed by atoms with E-state index in [0.29, 0.717) is 42.7 Å². The van der Waals surface area contributed by atoms with Gasteiger partial charge in [-0.2, -0.15) is 0 Å². The third kappa shape index (κ3) is 2.40. The van der Waals surface area contributed by atoms with Crippen molar-refractivity contribution in [1.29, 1.82) is 0 Å². The Hall–Kier alpha value is -1.40. The van der Waals surface area contributed by atoms with Crippen LogP contribution in [0.2, 0.25) is 5.02 Å². The summed E-state index contributed by atoms with van der Waals surface area (Å²) in [6.07, 6.45) is 1.56. The molecule has 0 bridgehead atoms. The van der Waals surface area contributed by atoms with Gasteiger partial charge in [-0.25, -0.2) is 6.57 Å². The van der Waals surface area contributed by atoms with Crippen LogP contribution in [0.5, 0.6) is 11.5 Å². The SMILES string of the molecule is [C-]#[N+]CCc1cc(Cl)c2c(c1)OCCCO2. The quantitative estimate of drug-likeness (QED) is 0.738. The summed E-state index contributed by atoms with van der Waals surface area (Å²) in [6, 6.07) is 3.76. The summed E-state index contributed by atoms with van der Waals surface area (Å²) < 4.78 is 11.1. The maximum atomic E-state index is 6.76. The molecule has 4 heteroatoms. The molecule has 2 rings (SSSR count). The maximum Gasteiger partial charge on any atom is 0.218 e. The van der Waals surface area contributed by atoms with Crippen molar-refractivity contribution in [1.82, 2.24) is 0 Å². The second-order valence-corrected chi connectivity index (χ2v) is 3.99. The molecule has 0 atom stereocenters. The second kappa shape index (κ2) is 5.09. The fourth-order valence-electron chi connectivity index (χ4n) is 1.61. The Balaban J connectivity index is 2.29. The lowest BCUT2D eigenvalue weighted by Gasteiger charge is -2.10. The van der Waals surface area contributed by atoms with Crippen LogP contribution in [-0.4, -0.2) is 19.8 Å². The standard InChI is InChI=1S/C12H12ClNO2/c1-14-4-3-9-7-10(13)12-11(8-9)15-5-2-6-16-12/h7-8H,2-6H2. The molecule has 1 aliphatic rings. The Kier molecular flexibility index (Phi) is 3.53. The van der Waals surface area contributed by atoms with Gasteiger partial charge in [0.2, 0.25) is 6.54 Å². The number of fused-ring (bicyclic) bond motifs is 1. The summed E-state index contributed by atoms with van der Waals surface area (Å²) in [5.41, 5.74) is 1.02. The van der Waals surface area contributed by atoms with Gasteiger partial charge in [0.25, 0.3) is 0 Å². The highest BCUT2D eigenvalue weighted by molar-refractivity contribution is 6.32. The van der Waals surface area contributed by atoms with Crippen LogP contribution >= 0.6 is 11.6 Å². The van der Waals surface area contributed by atoms with E-state index in [4.69, 9.17) is 27.6 Å². The Morgan fingerprint density at radius 3 is 2.94 bits per heavy atom. The van der Waals surface area contributed by atoms with Gasteiger partial charge >= 0.3 is 0 Å². The van der Waals surface area contributed by atoms with Gasteiger partial charge in [0.05, 0.1) is 18.2 Å². The lowest BCUT2D eigenvalue weighted by Crippen LogP contribution is -1.97. The van der Waals surface area contributed by atoms with Crippen molar-refractivity contribution in [3.05, 3.63) is 34.1 Å². The Labute approximate surface area is 99.7 Å². The first-order chi connectivity index (χ1) is 7.81. The van der Waals surface area contributed by atoms with Crippen molar-refractivity contribution in [2.45, 2.75) is 12.8 Å². The first kappa shape index (κ1) is 11.1. The van der Waals surface area contributed by atoms with Crippen LogP contribution in [-0.2, 0) is 6.42 Å². The number of hydrogen-bond acceptors (Lipinski definition) is 2. The highest BCUT2D eigenvalue weighted by atomic mass is 35.5. The molecule has 0 saturated heterocycles. The lowest BCUT2D eigenvalue weighted by atomic mass is 10.1. The van der Waals surface area contributed by atoms with Crippen LogP contribution in [0.3, 0.4) is 0 Å². The predicted octanol–water partition coefficient (Wildman–Crippen LogP) is 2.96. The fraction of sp³-hybridized carbons (Fsp3) is 0.417. The van der Waals surface area contributed by atoms with Crippen molar-refractivity contribution in [2.24, 2.45) is 0 Å². The lowest BCUT2D eigenvalue weighted by molar-refractivity contribution is 0.297. The molecule has 1 aromatic rings. The smallest absolute Gasteiger partial charge is 0.218 e. The molecule has 1 aromatic carbocycles. The summed E-state index contributed by atoms with van der Waals surface area (Å²) in [4.78, 5) is 3.33. The third-order valence-corrected chi connectivity index (χ3v) is 2.65. The van der Waals surface area contributed by atoms with E-state index < -0.39 is 0 Å². The van der Waals surface area contributed by atoms with Crippen molar-refractivity contribution in [3.8, 4) is 11.5 Å². The number of halogens is 1. The minimum absolute atomic E-state index is 0.468. The van der Waals surface area contributed by atoms with E-state index in [1.807, 2.05) is 12.1 Å². The van der Waals surface area contributed by atoms with E-state index in [-0.39, 0.29) is 0 Å². The molecule has 84 valence electrons. The Morgan fingerprint density at radius 1 is 1.31 bits per heavy atom. The highest BCUT2D eigenvalue weighted by Gasteiger charge is 2.15. The van der Waals surface area contributed by atoms with Crippen molar-refractivity contribution in [3.63, 3.8) is 0 Å². The van der Waals surface area contributed by atoms with Crippen LogP contribution in [0.1, 0.15) is 12.0 Å². The third-order valence-electron chi connectivity index (χ3n) is 2.37. The number of benzene rings is 1. The van der Waals surface area contributed by atoms with E-state index >= 15 is 0 Å². The molecule has 0 fully saturated rings. The van der Waals surface area contributed by atoms with E-state index in [1.54, 1.807) is 0 Å². The molecule has 0 radical (unpaired) electrons. The van der Waals surface area contributed by atoms with Crippen LogP contribution in [0, 0.1) is 6.57 Å². The van der Waals surface area contributed by atoms with Crippen molar-refractivity contribution in [2.75, 3.05) is 19.8 Å². The summed E-state index contributed by atoms with van der Waals surface area (Å²) in [5, 5.41) is 0.569. The van der Waals surface area contributed by atoms with Crippen LogP contribution < -0.4 is 9.47 Å². The van der Waals surface area contributed by atoms with Gasteiger partial charge in [0.15, 0.2) is 11.5 Å². The largest absolute Gasteiger partial charge is 0.489 e. The summed E-state index contributed by atoms with van der Waals surface area (Å²) in [7, 11) is 0. The molecule has 0 N–H and O–H groups in total. The predicted molar refractivity (Wildman–Crippen MR) is 62.2 cm³/mol. The molecule has 0 amide bonds. The molecule has 3 nitrogen and oxygen atoms in total. The topological polar surface area (TPSA) is 22.8 Å². The monoisotopic (exact) mass is 237 g/mol.